The number of amides is 3. The van der Waals surface area contributed by atoms with Crippen molar-refractivity contribution in [2.45, 2.75) is 31.7 Å². The highest BCUT2D eigenvalue weighted by Crippen LogP contribution is 2.27. The third-order valence-electron chi connectivity index (χ3n) is 3.74. The lowest BCUT2D eigenvalue weighted by molar-refractivity contribution is -0.160. The van der Waals surface area contributed by atoms with Crippen molar-refractivity contribution in [3.8, 4) is 0 Å². The SMILES string of the molecule is NC(=O)N1CCc2nn3c(c2C1)C(=O)NNC(C(F)(F)F)C3. The number of nitrogens with one attached hydrogen (secondary N) is 2. The lowest BCUT2D eigenvalue weighted by Crippen LogP contribution is -2.51. The maximum absolute atomic E-state index is 12.9. The number of urea groups is 1. The smallest absolute Gasteiger partial charge is 0.351 e. The van der Waals surface area contributed by atoms with E-state index < -0.39 is 30.7 Å². The second-order valence-corrected chi connectivity index (χ2v) is 5.16. The van der Waals surface area contributed by atoms with E-state index in [-0.39, 0.29) is 12.2 Å². The number of halogens is 3. The minimum Gasteiger partial charge on any atom is -0.351 e. The number of hydrogen-bond acceptors (Lipinski definition) is 4. The minimum absolute atomic E-state index is 0.0280. The summed E-state index contributed by atoms with van der Waals surface area (Å²) in [7, 11) is 0. The van der Waals surface area contributed by atoms with E-state index in [2.05, 4.69) is 5.10 Å². The summed E-state index contributed by atoms with van der Waals surface area (Å²) in [5, 5.41) is 4.10. The van der Waals surface area contributed by atoms with E-state index in [1.807, 2.05) is 10.9 Å². The zero-order valence-electron chi connectivity index (χ0n) is 11.3. The van der Waals surface area contributed by atoms with Crippen LogP contribution in [0, 0.1) is 0 Å². The number of hydrogen-bond donors (Lipinski definition) is 3. The Balaban J connectivity index is 1.99. The van der Waals surface area contributed by atoms with Gasteiger partial charge in [-0.15, -0.1) is 0 Å². The Labute approximate surface area is 122 Å². The predicted molar refractivity (Wildman–Crippen MR) is 66.4 cm³/mol. The largest absolute Gasteiger partial charge is 0.407 e. The molecule has 2 aliphatic heterocycles. The number of rotatable bonds is 0. The summed E-state index contributed by atoms with van der Waals surface area (Å²) >= 11 is 0. The number of primary amides is 1. The molecule has 0 bridgehead atoms. The van der Waals surface area contributed by atoms with Crippen molar-refractivity contribution in [2.24, 2.45) is 5.73 Å². The molecule has 1 aromatic rings. The van der Waals surface area contributed by atoms with E-state index in [0.717, 1.165) is 4.68 Å². The molecule has 0 saturated heterocycles. The van der Waals surface area contributed by atoms with Gasteiger partial charge in [-0.05, 0) is 0 Å². The van der Waals surface area contributed by atoms with Crippen molar-refractivity contribution in [2.75, 3.05) is 6.54 Å². The molecule has 3 rings (SSSR count). The van der Waals surface area contributed by atoms with Crippen LogP contribution < -0.4 is 16.6 Å². The highest BCUT2D eigenvalue weighted by molar-refractivity contribution is 5.94. The molecule has 0 saturated carbocycles. The van der Waals surface area contributed by atoms with Gasteiger partial charge in [0, 0.05) is 18.5 Å². The van der Waals surface area contributed by atoms with Crippen LogP contribution in [0.2, 0.25) is 0 Å². The standard InChI is InChI=1S/C11H13F3N6O2/c12-11(13,14)7-4-20-8(9(21)17-16-7)5-3-19(10(15)22)2-1-6(5)18-20/h7,16H,1-4H2,(H2,15,22)(H,17,21). The summed E-state index contributed by atoms with van der Waals surface area (Å²) in [6, 6.07) is -2.59. The number of carbonyl (C=O) groups excluding carboxylic acids is 2. The van der Waals surface area contributed by atoms with Gasteiger partial charge >= 0.3 is 12.2 Å². The van der Waals surface area contributed by atoms with Crippen molar-refractivity contribution < 1.29 is 22.8 Å². The number of hydrazine groups is 1. The fraction of sp³-hybridized carbons (Fsp3) is 0.545. The molecule has 0 aliphatic carbocycles. The van der Waals surface area contributed by atoms with E-state index in [1.54, 1.807) is 0 Å². The van der Waals surface area contributed by atoms with Crippen LogP contribution in [0.15, 0.2) is 0 Å². The van der Waals surface area contributed by atoms with E-state index in [4.69, 9.17) is 5.73 Å². The molecule has 1 atom stereocenters. The van der Waals surface area contributed by atoms with Gasteiger partial charge in [-0.25, -0.2) is 10.2 Å². The van der Waals surface area contributed by atoms with E-state index in [1.165, 1.54) is 4.90 Å². The zero-order valence-corrected chi connectivity index (χ0v) is 11.3. The lowest BCUT2D eigenvalue weighted by Gasteiger charge is -2.24. The number of nitrogens with zero attached hydrogens (tertiary/aromatic N) is 3. The van der Waals surface area contributed by atoms with Crippen molar-refractivity contribution in [3.05, 3.63) is 17.0 Å². The third-order valence-corrected chi connectivity index (χ3v) is 3.74. The van der Waals surface area contributed by atoms with Gasteiger partial charge in [-0.1, -0.05) is 0 Å². The minimum atomic E-state index is -4.53. The molecule has 0 aromatic carbocycles. The summed E-state index contributed by atoms with van der Waals surface area (Å²) in [5.41, 5.74) is 10.2. The van der Waals surface area contributed by atoms with Crippen LogP contribution in [-0.2, 0) is 19.5 Å². The molecule has 0 radical (unpaired) electrons. The van der Waals surface area contributed by atoms with Gasteiger partial charge in [-0.3, -0.25) is 14.9 Å². The number of fused-ring (bicyclic) bond motifs is 3. The first-order chi connectivity index (χ1) is 10.3. The normalized spacial score (nSPS) is 21.7. The maximum atomic E-state index is 12.9. The van der Waals surface area contributed by atoms with Crippen molar-refractivity contribution in [1.29, 1.82) is 0 Å². The Bertz CT molecular complexity index is 641. The summed E-state index contributed by atoms with van der Waals surface area (Å²) in [5.74, 6) is -0.716. The average Bonchev–Trinajstić information content (AvgIpc) is 2.69. The van der Waals surface area contributed by atoms with E-state index in [0.29, 0.717) is 24.2 Å². The molecule has 11 heteroatoms. The number of alkyl halides is 3. The molecule has 1 unspecified atom stereocenters. The van der Waals surface area contributed by atoms with Gasteiger partial charge in [-0.2, -0.15) is 18.3 Å². The van der Waals surface area contributed by atoms with Gasteiger partial charge in [0.1, 0.15) is 11.7 Å². The van der Waals surface area contributed by atoms with Gasteiger partial charge < -0.3 is 10.6 Å². The molecule has 4 N–H and O–H groups in total. The number of carbonyl (C=O) groups is 2. The second kappa shape index (κ2) is 4.87. The molecular weight excluding hydrogens is 305 g/mol. The summed E-state index contributed by atoms with van der Waals surface area (Å²) < 4.78 is 39.7. The summed E-state index contributed by atoms with van der Waals surface area (Å²) in [6.45, 7) is -0.146. The maximum Gasteiger partial charge on any atom is 0.407 e. The Kier molecular flexibility index (Phi) is 3.24. The molecule has 8 nitrogen and oxygen atoms in total. The Morgan fingerprint density at radius 1 is 1.41 bits per heavy atom. The van der Waals surface area contributed by atoms with Gasteiger partial charge in [0.15, 0.2) is 0 Å². The average molecular weight is 318 g/mol. The Morgan fingerprint density at radius 3 is 2.77 bits per heavy atom. The van der Waals surface area contributed by atoms with E-state index >= 15 is 0 Å². The second-order valence-electron chi connectivity index (χ2n) is 5.16. The van der Waals surface area contributed by atoms with Gasteiger partial charge in [0.25, 0.3) is 5.91 Å². The van der Waals surface area contributed by atoms with Crippen molar-refractivity contribution in [3.63, 3.8) is 0 Å². The van der Waals surface area contributed by atoms with Crippen LogP contribution in [-0.4, -0.2) is 45.4 Å². The quantitative estimate of drug-likeness (QED) is 0.599. The first-order valence-corrected chi connectivity index (χ1v) is 6.53. The molecule has 0 fully saturated rings. The van der Waals surface area contributed by atoms with Crippen LogP contribution in [0.1, 0.15) is 21.7 Å². The van der Waals surface area contributed by atoms with Gasteiger partial charge in [0.2, 0.25) is 0 Å². The first-order valence-electron chi connectivity index (χ1n) is 6.53. The molecule has 2 aliphatic rings. The fourth-order valence-corrected chi connectivity index (χ4v) is 2.62. The van der Waals surface area contributed by atoms with Crippen LogP contribution in [0.4, 0.5) is 18.0 Å². The summed E-state index contributed by atoms with van der Waals surface area (Å²) in [4.78, 5) is 24.6. The van der Waals surface area contributed by atoms with Crippen molar-refractivity contribution >= 4 is 11.9 Å². The fourth-order valence-electron chi connectivity index (χ4n) is 2.62. The molecule has 1 aromatic heterocycles. The molecule has 120 valence electrons. The van der Waals surface area contributed by atoms with Gasteiger partial charge in [0.05, 0.1) is 18.8 Å². The van der Waals surface area contributed by atoms with Crippen LogP contribution in [0.3, 0.4) is 0 Å². The molecule has 3 heterocycles. The number of nitrogens with two attached hydrogens (primary N) is 1. The first kappa shape index (κ1) is 14.6. The predicted octanol–water partition coefficient (Wildman–Crippen LogP) is -0.501. The summed E-state index contributed by atoms with van der Waals surface area (Å²) in [6.07, 6.45) is -4.18. The Hall–Kier alpha value is -2.30. The van der Waals surface area contributed by atoms with Crippen LogP contribution in [0.5, 0.6) is 0 Å². The van der Waals surface area contributed by atoms with Crippen LogP contribution in [0.25, 0.3) is 0 Å². The highest BCUT2D eigenvalue weighted by Gasteiger charge is 2.43. The third kappa shape index (κ3) is 2.36. The molecule has 0 spiro atoms. The Morgan fingerprint density at radius 2 is 2.14 bits per heavy atom. The molecule has 3 amide bonds. The zero-order chi connectivity index (χ0) is 16.1. The van der Waals surface area contributed by atoms with E-state index in [9.17, 15) is 22.8 Å². The van der Waals surface area contributed by atoms with Crippen LogP contribution >= 0.6 is 0 Å². The molecule has 22 heavy (non-hydrogen) atoms. The topological polar surface area (TPSA) is 105 Å². The van der Waals surface area contributed by atoms with Crippen molar-refractivity contribution in [1.82, 2.24) is 25.5 Å². The lowest BCUT2D eigenvalue weighted by atomic mass is 10.1. The molecular formula is C11H13F3N6O2. The monoisotopic (exact) mass is 318 g/mol. The number of aromatic nitrogens is 2. The highest BCUT2D eigenvalue weighted by atomic mass is 19.4.